The molecule has 0 aliphatic carbocycles. The van der Waals surface area contributed by atoms with E-state index >= 15 is 0 Å². The number of carbonyl (C=O) groups is 2. The van der Waals surface area contributed by atoms with Crippen molar-refractivity contribution >= 4 is 40.3 Å². The molecule has 1 heterocycles. The molecule has 2 rings (SSSR count). The topological polar surface area (TPSA) is 97.1 Å². The maximum atomic E-state index is 12.3. The molecular formula is C15H18N4O2S. The Morgan fingerprint density at radius 1 is 1.36 bits per heavy atom. The fourth-order valence-electron chi connectivity index (χ4n) is 2.05. The van der Waals surface area contributed by atoms with E-state index in [4.69, 9.17) is 5.73 Å². The van der Waals surface area contributed by atoms with E-state index in [0.717, 1.165) is 16.7 Å². The maximum absolute atomic E-state index is 12.3. The van der Waals surface area contributed by atoms with E-state index in [0.29, 0.717) is 12.1 Å². The van der Waals surface area contributed by atoms with Gasteiger partial charge in [0.25, 0.3) is 0 Å². The minimum Gasteiger partial charge on any atom is -0.352 e. The van der Waals surface area contributed by atoms with Gasteiger partial charge in [-0.2, -0.15) is 11.8 Å². The van der Waals surface area contributed by atoms with Crippen LogP contribution in [-0.2, 0) is 4.79 Å². The summed E-state index contributed by atoms with van der Waals surface area (Å²) >= 11 is 1.60. The summed E-state index contributed by atoms with van der Waals surface area (Å²) in [5.41, 5.74) is 6.56. The number of nitrogens with zero attached hydrogens (tertiary/aromatic N) is 1. The largest absolute Gasteiger partial charge is 0.352 e. The van der Waals surface area contributed by atoms with Crippen molar-refractivity contribution in [3.05, 3.63) is 36.5 Å². The minimum atomic E-state index is -0.710. The van der Waals surface area contributed by atoms with Crippen LogP contribution in [0.4, 0.5) is 10.5 Å². The zero-order valence-corrected chi connectivity index (χ0v) is 13.0. The molecule has 0 radical (unpaired) electrons. The number of thioether (sulfide) groups is 1. The van der Waals surface area contributed by atoms with Gasteiger partial charge in [0.15, 0.2) is 0 Å². The Hall–Kier alpha value is -2.28. The third kappa shape index (κ3) is 4.36. The first-order valence-electron chi connectivity index (χ1n) is 6.80. The first kappa shape index (κ1) is 16.1. The maximum Gasteiger partial charge on any atom is 0.312 e. The molecule has 6 nitrogen and oxygen atoms in total. The van der Waals surface area contributed by atoms with Crippen molar-refractivity contribution in [2.24, 2.45) is 5.73 Å². The second-order valence-corrected chi connectivity index (χ2v) is 5.73. The molecule has 2 aromatic rings. The Labute approximate surface area is 132 Å². The van der Waals surface area contributed by atoms with Crippen LogP contribution in [0.3, 0.4) is 0 Å². The van der Waals surface area contributed by atoms with E-state index in [2.05, 4.69) is 15.6 Å². The number of carbonyl (C=O) groups excluding carboxylic acids is 2. The number of para-hydroxylation sites is 1. The molecule has 0 aliphatic rings. The average Bonchev–Trinajstić information content (AvgIpc) is 2.51. The van der Waals surface area contributed by atoms with Crippen LogP contribution >= 0.6 is 11.8 Å². The highest BCUT2D eigenvalue weighted by molar-refractivity contribution is 7.98. The summed E-state index contributed by atoms with van der Waals surface area (Å²) in [7, 11) is 0. The number of benzene rings is 1. The molecular weight excluding hydrogens is 300 g/mol. The zero-order chi connectivity index (χ0) is 15.9. The Morgan fingerprint density at radius 3 is 2.86 bits per heavy atom. The number of hydrogen-bond donors (Lipinski definition) is 3. The summed E-state index contributed by atoms with van der Waals surface area (Å²) in [6.45, 7) is 0. The van der Waals surface area contributed by atoms with Crippen molar-refractivity contribution in [1.29, 1.82) is 0 Å². The number of anilines is 1. The number of nitrogens with two attached hydrogens (primary N) is 1. The van der Waals surface area contributed by atoms with Gasteiger partial charge in [-0.15, -0.1) is 0 Å². The van der Waals surface area contributed by atoms with Crippen LogP contribution in [0.25, 0.3) is 10.9 Å². The predicted molar refractivity (Wildman–Crippen MR) is 89.9 cm³/mol. The van der Waals surface area contributed by atoms with Crippen LogP contribution < -0.4 is 16.4 Å². The summed E-state index contributed by atoms with van der Waals surface area (Å²) in [4.78, 5) is 27.6. The van der Waals surface area contributed by atoms with Gasteiger partial charge in [-0.1, -0.05) is 18.2 Å². The Kier molecular flexibility index (Phi) is 5.60. The number of aromatic nitrogens is 1. The molecule has 4 N–H and O–H groups in total. The fourth-order valence-corrected chi connectivity index (χ4v) is 2.52. The molecule has 0 bridgehead atoms. The normalized spacial score (nSPS) is 11.9. The van der Waals surface area contributed by atoms with E-state index < -0.39 is 12.1 Å². The van der Waals surface area contributed by atoms with Crippen LogP contribution in [0, 0.1) is 0 Å². The second-order valence-electron chi connectivity index (χ2n) is 4.75. The molecule has 0 aliphatic heterocycles. The Bertz CT molecular complexity index is 677. The number of rotatable bonds is 6. The third-order valence-electron chi connectivity index (χ3n) is 3.10. The highest BCUT2D eigenvalue weighted by atomic mass is 32.2. The lowest BCUT2D eigenvalue weighted by atomic mass is 10.2. The highest BCUT2D eigenvalue weighted by Crippen LogP contribution is 2.16. The van der Waals surface area contributed by atoms with Crippen molar-refractivity contribution in [3.8, 4) is 0 Å². The lowest BCUT2D eigenvalue weighted by molar-refractivity contribution is -0.117. The zero-order valence-electron chi connectivity index (χ0n) is 12.2. The van der Waals surface area contributed by atoms with Crippen molar-refractivity contribution in [3.63, 3.8) is 0 Å². The second kappa shape index (κ2) is 7.65. The molecule has 0 unspecified atom stereocenters. The molecule has 1 aromatic carbocycles. The summed E-state index contributed by atoms with van der Waals surface area (Å²) < 4.78 is 0. The molecule has 3 amide bonds. The highest BCUT2D eigenvalue weighted by Gasteiger charge is 2.19. The number of nitrogens with one attached hydrogen (secondary N) is 2. The monoisotopic (exact) mass is 318 g/mol. The molecule has 0 spiro atoms. The average molecular weight is 318 g/mol. The molecule has 0 fully saturated rings. The van der Waals surface area contributed by atoms with Crippen molar-refractivity contribution in [1.82, 2.24) is 10.3 Å². The summed E-state index contributed by atoms with van der Waals surface area (Å²) in [6, 6.07) is 8.11. The number of amides is 3. The van der Waals surface area contributed by atoms with E-state index in [9.17, 15) is 9.59 Å². The predicted octanol–water partition coefficient (Wildman–Crippen LogP) is 1.96. The fraction of sp³-hybridized carbons (Fsp3) is 0.267. The van der Waals surface area contributed by atoms with E-state index in [-0.39, 0.29) is 5.91 Å². The van der Waals surface area contributed by atoms with Crippen molar-refractivity contribution < 1.29 is 9.59 Å². The van der Waals surface area contributed by atoms with Crippen LogP contribution in [-0.4, -0.2) is 35.0 Å². The standard InChI is InChI=1S/C15H18N4O2S/c1-22-7-6-13(19-15(16)21)14(20)18-11-8-10-4-2-3-5-12(10)17-9-11/h2-5,8-9,13H,6-7H2,1H3,(H,18,20)(H3,16,19,21)/t13-/m0/s1. The van der Waals surface area contributed by atoms with Gasteiger partial charge < -0.3 is 16.4 Å². The van der Waals surface area contributed by atoms with E-state index in [1.54, 1.807) is 18.0 Å². The SMILES string of the molecule is CSCC[C@H](NC(N)=O)C(=O)Nc1cnc2ccccc2c1. The van der Waals surface area contributed by atoms with Gasteiger partial charge in [-0.05, 0) is 30.6 Å². The molecule has 1 atom stereocenters. The molecule has 0 saturated carbocycles. The third-order valence-corrected chi connectivity index (χ3v) is 3.75. The quantitative estimate of drug-likeness (QED) is 0.758. The van der Waals surface area contributed by atoms with E-state index in [1.807, 2.05) is 36.6 Å². The summed E-state index contributed by atoms with van der Waals surface area (Å²) in [5.74, 6) is 0.443. The van der Waals surface area contributed by atoms with Crippen LogP contribution in [0.5, 0.6) is 0 Å². The minimum absolute atomic E-state index is 0.301. The van der Waals surface area contributed by atoms with Gasteiger partial charge in [0.05, 0.1) is 17.4 Å². The lowest BCUT2D eigenvalue weighted by Gasteiger charge is -2.16. The Morgan fingerprint density at radius 2 is 2.14 bits per heavy atom. The van der Waals surface area contributed by atoms with Crippen LogP contribution in [0.2, 0.25) is 0 Å². The number of urea groups is 1. The van der Waals surface area contributed by atoms with Gasteiger partial charge in [-0.25, -0.2) is 4.79 Å². The number of pyridine rings is 1. The summed E-state index contributed by atoms with van der Waals surface area (Å²) in [5, 5.41) is 6.17. The molecule has 0 saturated heterocycles. The van der Waals surface area contributed by atoms with Crippen LogP contribution in [0.15, 0.2) is 36.5 Å². The van der Waals surface area contributed by atoms with Crippen LogP contribution in [0.1, 0.15) is 6.42 Å². The smallest absolute Gasteiger partial charge is 0.312 e. The van der Waals surface area contributed by atoms with Crippen molar-refractivity contribution in [2.75, 3.05) is 17.3 Å². The van der Waals surface area contributed by atoms with Gasteiger partial charge in [0, 0.05) is 5.39 Å². The first-order valence-corrected chi connectivity index (χ1v) is 8.20. The van der Waals surface area contributed by atoms with Gasteiger partial charge >= 0.3 is 6.03 Å². The number of primary amides is 1. The van der Waals surface area contributed by atoms with Gasteiger partial charge in [-0.3, -0.25) is 9.78 Å². The summed E-state index contributed by atoms with van der Waals surface area (Å²) in [6.07, 6.45) is 4.04. The van der Waals surface area contributed by atoms with E-state index in [1.165, 1.54) is 0 Å². The molecule has 7 heteroatoms. The van der Waals surface area contributed by atoms with Gasteiger partial charge in [0.1, 0.15) is 6.04 Å². The lowest BCUT2D eigenvalue weighted by Crippen LogP contribution is -2.46. The molecule has 116 valence electrons. The van der Waals surface area contributed by atoms with Gasteiger partial charge in [0.2, 0.25) is 5.91 Å². The number of fused-ring (bicyclic) bond motifs is 1. The Balaban J connectivity index is 2.10. The number of hydrogen-bond acceptors (Lipinski definition) is 4. The van der Waals surface area contributed by atoms with Crippen molar-refractivity contribution in [2.45, 2.75) is 12.5 Å². The molecule has 22 heavy (non-hydrogen) atoms. The first-order chi connectivity index (χ1) is 10.6. The molecule has 1 aromatic heterocycles.